The molecular weight excluding hydrogens is 258 g/mol. The molecule has 2 unspecified atom stereocenters. The minimum absolute atomic E-state index is 0.0836. The molecular formula is C14H21N3OS. The Hall–Kier alpha value is -0.650. The van der Waals surface area contributed by atoms with E-state index >= 15 is 0 Å². The predicted molar refractivity (Wildman–Crippen MR) is 77.4 cm³/mol. The maximum absolute atomic E-state index is 5.78. The molecule has 0 bridgehead atoms. The van der Waals surface area contributed by atoms with E-state index in [-0.39, 0.29) is 6.10 Å². The molecule has 0 aromatic carbocycles. The summed E-state index contributed by atoms with van der Waals surface area (Å²) in [7, 11) is 2.02. The normalized spacial score (nSPS) is 27.6. The van der Waals surface area contributed by atoms with Crippen LogP contribution in [0.5, 0.6) is 0 Å². The molecule has 2 aliphatic rings. The van der Waals surface area contributed by atoms with E-state index in [1.807, 2.05) is 25.0 Å². The molecule has 4 nitrogen and oxygen atoms in total. The third-order valence-electron chi connectivity index (χ3n) is 3.90. The Morgan fingerprint density at radius 3 is 3.16 bits per heavy atom. The third-order valence-corrected chi connectivity index (χ3v) is 4.90. The van der Waals surface area contributed by atoms with Gasteiger partial charge in [0, 0.05) is 35.0 Å². The fourth-order valence-corrected chi connectivity index (χ4v) is 3.66. The Labute approximate surface area is 118 Å². The highest BCUT2D eigenvalue weighted by Gasteiger charge is 2.23. The number of hydrogen-bond acceptors (Lipinski definition) is 5. The van der Waals surface area contributed by atoms with Gasteiger partial charge >= 0.3 is 0 Å². The standard InChI is InChI=1S/C14H21N3OS/c1-15-11-4-2-3-5-12-10(11)8-16-14(17-12)13-9-19-7-6-18-13/h8,11,13,15H,2-7,9H2,1H3. The Balaban J connectivity index is 1.87. The topological polar surface area (TPSA) is 47.0 Å². The van der Waals surface area contributed by atoms with Crippen molar-refractivity contribution in [1.29, 1.82) is 0 Å². The summed E-state index contributed by atoms with van der Waals surface area (Å²) in [5, 5.41) is 3.38. The van der Waals surface area contributed by atoms with E-state index in [2.05, 4.69) is 10.3 Å². The van der Waals surface area contributed by atoms with Gasteiger partial charge in [0.2, 0.25) is 0 Å². The lowest BCUT2D eigenvalue weighted by atomic mass is 10.1. The third kappa shape index (κ3) is 2.93. The number of fused-ring (bicyclic) bond motifs is 1. The van der Waals surface area contributed by atoms with Crippen LogP contribution in [0.1, 0.15) is 48.5 Å². The lowest BCUT2D eigenvalue weighted by molar-refractivity contribution is 0.0692. The number of hydrogen-bond donors (Lipinski definition) is 1. The molecule has 1 fully saturated rings. The van der Waals surface area contributed by atoms with Crippen molar-refractivity contribution in [3.63, 3.8) is 0 Å². The zero-order valence-corrected chi connectivity index (χ0v) is 12.2. The quantitative estimate of drug-likeness (QED) is 0.842. The molecule has 5 heteroatoms. The van der Waals surface area contributed by atoms with Crippen LogP contribution in [-0.4, -0.2) is 35.1 Å². The van der Waals surface area contributed by atoms with Crippen LogP contribution in [-0.2, 0) is 11.2 Å². The number of aryl methyl sites for hydroxylation is 1. The number of nitrogens with zero attached hydrogens (tertiary/aromatic N) is 2. The van der Waals surface area contributed by atoms with E-state index in [0.29, 0.717) is 6.04 Å². The molecule has 1 N–H and O–H groups in total. The zero-order chi connectivity index (χ0) is 13.1. The molecule has 0 saturated carbocycles. The summed E-state index contributed by atoms with van der Waals surface area (Å²) in [6.45, 7) is 0.814. The number of ether oxygens (including phenoxy) is 1. The van der Waals surface area contributed by atoms with Gasteiger partial charge in [0.25, 0.3) is 0 Å². The van der Waals surface area contributed by atoms with Gasteiger partial charge in [-0.3, -0.25) is 0 Å². The van der Waals surface area contributed by atoms with Crippen LogP contribution in [0.25, 0.3) is 0 Å². The molecule has 1 saturated heterocycles. The van der Waals surface area contributed by atoms with Crippen molar-refractivity contribution in [1.82, 2.24) is 15.3 Å². The average Bonchev–Trinajstić information content (AvgIpc) is 2.69. The highest BCUT2D eigenvalue weighted by molar-refractivity contribution is 7.99. The molecule has 0 spiro atoms. The lowest BCUT2D eigenvalue weighted by Crippen LogP contribution is -2.21. The van der Waals surface area contributed by atoms with Crippen LogP contribution in [0.2, 0.25) is 0 Å². The zero-order valence-electron chi connectivity index (χ0n) is 11.4. The van der Waals surface area contributed by atoms with E-state index < -0.39 is 0 Å². The van der Waals surface area contributed by atoms with Crippen LogP contribution in [0.4, 0.5) is 0 Å². The Kier molecular flexibility index (Phi) is 4.35. The molecule has 0 amide bonds. The Morgan fingerprint density at radius 1 is 1.42 bits per heavy atom. The maximum Gasteiger partial charge on any atom is 0.158 e. The predicted octanol–water partition coefficient (Wildman–Crippen LogP) is 2.27. The Bertz CT molecular complexity index is 435. The first kappa shape index (κ1) is 13.3. The van der Waals surface area contributed by atoms with Crippen LogP contribution >= 0.6 is 11.8 Å². The second-order valence-electron chi connectivity index (χ2n) is 5.15. The molecule has 19 heavy (non-hydrogen) atoms. The van der Waals surface area contributed by atoms with Crippen LogP contribution in [0.15, 0.2) is 6.20 Å². The molecule has 1 aromatic heterocycles. The van der Waals surface area contributed by atoms with E-state index in [9.17, 15) is 0 Å². The fourth-order valence-electron chi connectivity index (χ4n) is 2.82. The van der Waals surface area contributed by atoms with Crippen molar-refractivity contribution in [3.05, 3.63) is 23.3 Å². The van der Waals surface area contributed by atoms with E-state index in [1.54, 1.807) is 0 Å². The van der Waals surface area contributed by atoms with Gasteiger partial charge in [-0.1, -0.05) is 6.42 Å². The maximum atomic E-state index is 5.78. The van der Waals surface area contributed by atoms with Crippen molar-refractivity contribution in [2.75, 3.05) is 25.2 Å². The largest absolute Gasteiger partial charge is 0.368 e. The first-order valence-electron chi connectivity index (χ1n) is 7.11. The van der Waals surface area contributed by atoms with Crippen molar-refractivity contribution in [2.24, 2.45) is 0 Å². The van der Waals surface area contributed by atoms with Crippen molar-refractivity contribution >= 4 is 11.8 Å². The lowest BCUT2D eigenvalue weighted by Gasteiger charge is -2.22. The second-order valence-corrected chi connectivity index (χ2v) is 6.30. The van der Waals surface area contributed by atoms with Gasteiger partial charge < -0.3 is 10.1 Å². The molecule has 2 atom stereocenters. The molecule has 1 aliphatic heterocycles. The first-order valence-corrected chi connectivity index (χ1v) is 8.26. The van der Waals surface area contributed by atoms with Gasteiger partial charge in [0.15, 0.2) is 5.82 Å². The van der Waals surface area contributed by atoms with Crippen LogP contribution in [0.3, 0.4) is 0 Å². The molecule has 1 aliphatic carbocycles. The van der Waals surface area contributed by atoms with Gasteiger partial charge in [-0.05, 0) is 26.3 Å². The summed E-state index contributed by atoms with van der Waals surface area (Å²) in [6, 6.07) is 0.410. The average molecular weight is 279 g/mol. The van der Waals surface area contributed by atoms with E-state index in [1.165, 1.54) is 30.5 Å². The fraction of sp³-hybridized carbons (Fsp3) is 0.714. The summed E-state index contributed by atoms with van der Waals surface area (Å²) in [6.07, 6.45) is 6.84. The highest BCUT2D eigenvalue weighted by atomic mass is 32.2. The summed E-state index contributed by atoms with van der Waals surface area (Å²) in [5.74, 6) is 2.94. The van der Waals surface area contributed by atoms with Crippen LogP contribution < -0.4 is 5.32 Å². The van der Waals surface area contributed by atoms with E-state index in [4.69, 9.17) is 9.72 Å². The molecule has 0 radical (unpaired) electrons. The molecule has 3 rings (SSSR count). The summed E-state index contributed by atoms with van der Waals surface area (Å²) in [5.41, 5.74) is 2.51. The van der Waals surface area contributed by atoms with Gasteiger partial charge in [-0.2, -0.15) is 11.8 Å². The smallest absolute Gasteiger partial charge is 0.158 e. The number of nitrogens with one attached hydrogen (secondary N) is 1. The second kappa shape index (κ2) is 6.20. The molecule has 1 aromatic rings. The number of aromatic nitrogens is 2. The van der Waals surface area contributed by atoms with Crippen molar-refractivity contribution in [2.45, 2.75) is 37.8 Å². The molecule has 104 valence electrons. The summed E-state index contributed by atoms with van der Waals surface area (Å²) < 4.78 is 5.78. The molecule has 2 heterocycles. The number of rotatable bonds is 2. The summed E-state index contributed by atoms with van der Waals surface area (Å²) in [4.78, 5) is 9.37. The van der Waals surface area contributed by atoms with Crippen molar-refractivity contribution in [3.8, 4) is 0 Å². The van der Waals surface area contributed by atoms with E-state index in [0.717, 1.165) is 30.4 Å². The number of thioether (sulfide) groups is 1. The van der Waals surface area contributed by atoms with Gasteiger partial charge in [-0.15, -0.1) is 0 Å². The summed E-state index contributed by atoms with van der Waals surface area (Å²) >= 11 is 1.93. The minimum Gasteiger partial charge on any atom is -0.368 e. The highest BCUT2D eigenvalue weighted by Crippen LogP contribution is 2.29. The van der Waals surface area contributed by atoms with Gasteiger partial charge in [-0.25, -0.2) is 9.97 Å². The van der Waals surface area contributed by atoms with Gasteiger partial charge in [0.05, 0.1) is 6.61 Å². The monoisotopic (exact) mass is 279 g/mol. The first-order chi connectivity index (χ1) is 9.38. The Morgan fingerprint density at radius 2 is 2.37 bits per heavy atom. The van der Waals surface area contributed by atoms with Crippen LogP contribution in [0, 0.1) is 0 Å². The van der Waals surface area contributed by atoms with Crippen molar-refractivity contribution < 1.29 is 4.74 Å². The van der Waals surface area contributed by atoms with Gasteiger partial charge in [0.1, 0.15) is 6.10 Å². The minimum atomic E-state index is 0.0836. The SMILES string of the molecule is CNC1CCCCc2nc(C3CSCCO3)ncc21.